The molecule has 0 atom stereocenters. The molecule has 0 radical (unpaired) electrons. The average molecular weight is 289 g/mol. The van der Waals surface area contributed by atoms with Crippen LogP contribution in [0.5, 0.6) is 0 Å². The van der Waals surface area contributed by atoms with Gasteiger partial charge in [-0.1, -0.05) is 17.7 Å². The number of rotatable bonds is 5. The van der Waals surface area contributed by atoms with Crippen molar-refractivity contribution in [1.82, 2.24) is 9.62 Å². The van der Waals surface area contributed by atoms with Crippen LogP contribution in [-0.2, 0) is 16.6 Å². The van der Waals surface area contributed by atoms with E-state index in [0.717, 1.165) is 5.56 Å². The topological polar surface area (TPSA) is 49.4 Å². The van der Waals surface area contributed by atoms with Gasteiger partial charge in [-0.15, -0.1) is 0 Å². The van der Waals surface area contributed by atoms with Gasteiger partial charge in [-0.3, -0.25) is 0 Å². The second kappa shape index (κ2) is 5.17. The van der Waals surface area contributed by atoms with E-state index in [2.05, 4.69) is 5.32 Å². The van der Waals surface area contributed by atoms with Gasteiger partial charge in [-0.05, 0) is 30.5 Å². The zero-order valence-electron chi connectivity index (χ0n) is 10.5. The molecule has 1 N–H and O–H groups in total. The number of sulfonamides is 1. The molecule has 2 rings (SSSR count). The fourth-order valence-electron chi connectivity index (χ4n) is 1.60. The number of hydrogen-bond donors (Lipinski definition) is 1. The molecule has 1 fully saturated rings. The third-order valence-electron chi connectivity index (χ3n) is 2.93. The summed E-state index contributed by atoms with van der Waals surface area (Å²) in [5, 5.41) is 3.61. The van der Waals surface area contributed by atoms with Crippen molar-refractivity contribution in [2.75, 3.05) is 14.1 Å². The van der Waals surface area contributed by atoms with Crippen LogP contribution in [0, 0.1) is 0 Å². The Morgan fingerprint density at radius 2 is 2.06 bits per heavy atom. The van der Waals surface area contributed by atoms with Crippen molar-refractivity contribution in [3.8, 4) is 0 Å². The highest BCUT2D eigenvalue weighted by Crippen LogP contribution is 2.25. The van der Waals surface area contributed by atoms with Crippen molar-refractivity contribution >= 4 is 21.6 Å². The molecule has 0 aromatic heterocycles. The van der Waals surface area contributed by atoms with Gasteiger partial charge in [0.05, 0.1) is 5.02 Å². The molecule has 100 valence electrons. The summed E-state index contributed by atoms with van der Waals surface area (Å²) in [6, 6.07) is 5.73. The van der Waals surface area contributed by atoms with Crippen LogP contribution in [0.25, 0.3) is 0 Å². The first kappa shape index (κ1) is 13.8. The zero-order chi connectivity index (χ0) is 13.3. The Labute approximate surface area is 113 Å². The van der Waals surface area contributed by atoms with Gasteiger partial charge >= 0.3 is 0 Å². The predicted octanol–water partition coefficient (Wildman–Crippen LogP) is 1.84. The van der Waals surface area contributed by atoms with Crippen molar-refractivity contribution in [3.63, 3.8) is 0 Å². The summed E-state index contributed by atoms with van der Waals surface area (Å²) < 4.78 is 25.3. The summed E-state index contributed by atoms with van der Waals surface area (Å²) in [4.78, 5) is 0.171. The first-order valence-electron chi connectivity index (χ1n) is 5.85. The van der Waals surface area contributed by atoms with Crippen LogP contribution >= 0.6 is 11.6 Å². The van der Waals surface area contributed by atoms with Gasteiger partial charge in [-0.25, -0.2) is 12.7 Å². The lowest BCUT2D eigenvalue weighted by Gasteiger charge is -2.14. The molecule has 1 aliphatic rings. The van der Waals surface area contributed by atoms with E-state index < -0.39 is 10.0 Å². The van der Waals surface area contributed by atoms with E-state index in [-0.39, 0.29) is 9.92 Å². The molecule has 1 aliphatic carbocycles. The van der Waals surface area contributed by atoms with Crippen molar-refractivity contribution < 1.29 is 8.42 Å². The zero-order valence-corrected chi connectivity index (χ0v) is 12.1. The molecule has 0 heterocycles. The Morgan fingerprint density at radius 1 is 1.39 bits per heavy atom. The van der Waals surface area contributed by atoms with Crippen molar-refractivity contribution in [2.24, 2.45) is 0 Å². The predicted molar refractivity (Wildman–Crippen MR) is 72.2 cm³/mol. The molecule has 4 nitrogen and oxygen atoms in total. The molecular formula is C12H17ClN2O2S. The number of halogens is 1. The molecule has 1 aromatic rings. The van der Waals surface area contributed by atoms with Crippen LogP contribution in [-0.4, -0.2) is 32.9 Å². The van der Waals surface area contributed by atoms with E-state index in [1.54, 1.807) is 12.1 Å². The summed E-state index contributed by atoms with van der Waals surface area (Å²) in [6.45, 7) is 0.678. The lowest BCUT2D eigenvalue weighted by atomic mass is 10.2. The minimum absolute atomic E-state index is 0.171. The smallest absolute Gasteiger partial charge is 0.244 e. The molecule has 0 amide bonds. The molecule has 0 spiro atoms. The third kappa shape index (κ3) is 3.03. The lowest BCUT2D eigenvalue weighted by molar-refractivity contribution is 0.520. The first-order chi connectivity index (χ1) is 8.41. The SMILES string of the molecule is CN(C)S(=O)(=O)c1cc(CNC2CC2)ccc1Cl. The maximum absolute atomic E-state index is 12.1. The Kier molecular flexibility index (Phi) is 3.96. The molecule has 0 unspecified atom stereocenters. The largest absolute Gasteiger partial charge is 0.310 e. The van der Waals surface area contributed by atoms with Gasteiger partial charge in [0.1, 0.15) is 4.90 Å². The van der Waals surface area contributed by atoms with E-state index >= 15 is 0 Å². The molecule has 6 heteroatoms. The van der Waals surface area contributed by atoms with Crippen LogP contribution in [0.4, 0.5) is 0 Å². The van der Waals surface area contributed by atoms with Crippen LogP contribution in [0.3, 0.4) is 0 Å². The van der Waals surface area contributed by atoms with Crippen LogP contribution < -0.4 is 5.32 Å². The van der Waals surface area contributed by atoms with Crippen molar-refractivity contribution in [3.05, 3.63) is 28.8 Å². The highest BCUT2D eigenvalue weighted by molar-refractivity contribution is 7.89. The highest BCUT2D eigenvalue weighted by atomic mass is 35.5. The summed E-state index contributed by atoms with van der Waals surface area (Å²) in [5.41, 5.74) is 0.937. The number of nitrogens with one attached hydrogen (secondary N) is 1. The Morgan fingerprint density at radius 3 is 2.61 bits per heavy atom. The van der Waals surface area contributed by atoms with Crippen molar-refractivity contribution in [1.29, 1.82) is 0 Å². The molecule has 0 saturated heterocycles. The summed E-state index contributed by atoms with van der Waals surface area (Å²) >= 11 is 5.97. The van der Waals surface area contributed by atoms with Crippen LogP contribution in [0.2, 0.25) is 5.02 Å². The minimum atomic E-state index is -3.48. The minimum Gasteiger partial charge on any atom is -0.310 e. The van der Waals surface area contributed by atoms with Crippen LogP contribution in [0.1, 0.15) is 18.4 Å². The standard InChI is InChI=1S/C12H17ClN2O2S/c1-15(2)18(16,17)12-7-9(3-6-11(12)13)8-14-10-4-5-10/h3,6-7,10,14H,4-5,8H2,1-2H3. The van der Waals surface area contributed by atoms with E-state index in [1.165, 1.54) is 31.2 Å². The summed E-state index contributed by atoms with van der Waals surface area (Å²) in [5.74, 6) is 0. The van der Waals surface area contributed by atoms with E-state index in [4.69, 9.17) is 11.6 Å². The van der Waals surface area contributed by atoms with Crippen LogP contribution in [0.15, 0.2) is 23.1 Å². The monoisotopic (exact) mass is 288 g/mol. The lowest BCUT2D eigenvalue weighted by Crippen LogP contribution is -2.23. The average Bonchev–Trinajstić information content (AvgIpc) is 3.11. The Hall–Kier alpha value is -0.620. The normalized spacial score (nSPS) is 16.2. The van der Waals surface area contributed by atoms with Gasteiger partial charge in [0, 0.05) is 26.7 Å². The summed E-state index contributed by atoms with van der Waals surface area (Å²) in [7, 11) is -0.478. The molecular weight excluding hydrogens is 272 g/mol. The second-order valence-electron chi connectivity index (χ2n) is 4.71. The van der Waals surface area contributed by atoms with Gasteiger partial charge < -0.3 is 5.32 Å². The maximum Gasteiger partial charge on any atom is 0.244 e. The maximum atomic E-state index is 12.1. The Bertz CT molecular complexity index is 539. The molecule has 0 bridgehead atoms. The fraction of sp³-hybridized carbons (Fsp3) is 0.500. The summed E-state index contributed by atoms with van der Waals surface area (Å²) in [6.07, 6.45) is 2.41. The Balaban J connectivity index is 2.25. The molecule has 0 aliphatic heterocycles. The van der Waals surface area contributed by atoms with Crippen molar-refractivity contribution in [2.45, 2.75) is 30.3 Å². The first-order valence-corrected chi connectivity index (χ1v) is 7.67. The molecule has 1 saturated carbocycles. The van der Waals surface area contributed by atoms with Gasteiger partial charge in [-0.2, -0.15) is 0 Å². The van der Waals surface area contributed by atoms with E-state index in [1.807, 2.05) is 6.07 Å². The van der Waals surface area contributed by atoms with Gasteiger partial charge in [0.15, 0.2) is 0 Å². The quantitative estimate of drug-likeness (QED) is 0.899. The number of nitrogens with zero attached hydrogens (tertiary/aromatic N) is 1. The fourth-order valence-corrected chi connectivity index (χ4v) is 3.02. The van der Waals surface area contributed by atoms with E-state index in [9.17, 15) is 8.42 Å². The van der Waals surface area contributed by atoms with E-state index in [0.29, 0.717) is 12.6 Å². The number of benzene rings is 1. The second-order valence-corrected chi connectivity index (χ2v) is 7.23. The third-order valence-corrected chi connectivity index (χ3v) is 5.22. The van der Waals surface area contributed by atoms with Gasteiger partial charge in [0.25, 0.3) is 0 Å². The molecule has 1 aromatic carbocycles. The number of hydrogen-bond acceptors (Lipinski definition) is 3. The van der Waals surface area contributed by atoms with Gasteiger partial charge in [0.2, 0.25) is 10.0 Å². The molecule has 18 heavy (non-hydrogen) atoms. The highest BCUT2D eigenvalue weighted by Gasteiger charge is 2.22.